The van der Waals surface area contributed by atoms with Gasteiger partial charge in [-0.3, -0.25) is 4.79 Å². The Hall–Kier alpha value is -1.02. The molecule has 3 rings (SSSR count). The zero-order valence-electron chi connectivity index (χ0n) is 10.8. The van der Waals surface area contributed by atoms with E-state index in [4.69, 9.17) is 0 Å². The van der Waals surface area contributed by atoms with Crippen LogP contribution in [0.3, 0.4) is 0 Å². The van der Waals surface area contributed by atoms with Crippen molar-refractivity contribution in [2.75, 3.05) is 6.26 Å². The average molecular weight is 258 g/mol. The first kappa shape index (κ1) is 12.0. The van der Waals surface area contributed by atoms with Crippen LogP contribution in [0, 0.1) is 24.7 Å². The van der Waals surface area contributed by atoms with Crippen LogP contribution in [0.2, 0.25) is 0 Å². The molecule has 18 heavy (non-hydrogen) atoms. The standard InChI is InChI=1S/C16H18OS/c1-10-3-5-11(6-4-10)14-12-7-8-13(9-12)15(14)16(17)18-2/h3-8,12-15H,9H2,1-2H3/t12-,13+,14+,15+/m1/s1. The molecule has 0 aromatic heterocycles. The van der Waals surface area contributed by atoms with Crippen LogP contribution in [-0.2, 0) is 4.79 Å². The predicted molar refractivity (Wildman–Crippen MR) is 76.7 cm³/mol. The molecule has 1 saturated carbocycles. The Morgan fingerprint density at radius 2 is 1.83 bits per heavy atom. The fraction of sp³-hybridized carbons (Fsp3) is 0.438. The van der Waals surface area contributed by atoms with Gasteiger partial charge < -0.3 is 0 Å². The summed E-state index contributed by atoms with van der Waals surface area (Å²) in [5.74, 6) is 1.64. The number of hydrogen-bond acceptors (Lipinski definition) is 2. The van der Waals surface area contributed by atoms with Gasteiger partial charge in [-0.1, -0.05) is 53.7 Å². The highest BCUT2D eigenvalue weighted by Crippen LogP contribution is 2.54. The first-order valence-electron chi connectivity index (χ1n) is 6.53. The molecule has 94 valence electrons. The maximum absolute atomic E-state index is 12.2. The molecule has 2 bridgehead atoms. The van der Waals surface area contributed by atoms with Gasteiger partial charge in [0.2, 0.25) is 0 Å². The van der Waals surface area contributed by atoms with E-state index in [0.29, 0.717) is 22.9 Å². The number of rotatable bonds is 2. The third-order valence-corrected chi connectivity index (χ3v) is 5.07. The van der Waals surface area contributed by atoms with Gasteiger partial charge in [-0.15, -0.1) is 0 Å². The molecule has 2 aliphatic carbocycles. The van der Waals surface area contributed by atoms with E-state index < -0.39 is 0 Å². The Morgan fingerprint density at radius 1 is 1.17 bits per heavy atom. The van der Waals surface area contributed by atoms with Crippen LogP contribution in [0.4, 0.5) is 0 Å². The van der Waals surface area contributed by atoms with E-state index in [1.807, 2.05) is 6.26 Å². The van der Waals surface area contributed by atoms with Crippen LogP contribution in [0.1, 0.15) is 23.5 Å². The summed E-state index contributed by atoms with van der Waals surface area (Å²) in [4.78, 5) is 12.2. The van der Waals surface area contributed by atoms with Gasteiger partial charge in [0.1, 0.15) is 0 Å². The number of hydrogen-bond donors (Lipinski definition) is 0. The fourth-order valence-corrected chi connectivity index (χ4v) is 4.12. The number of carbonyl (C=O) groups is 1. The minimum atomic E-state index is 0.192. The van der Waals surface area contributed by atoms with Crippen molar-refractivity contribution in [2.45, 2.75) is 19.3 Å². The molecule has 0 saturated heterocycles. The average Bonchev–Trinajstić information content (AvgIpc) is 2.99. The van der Waals surface area contributed by atoms with E-state index in [0.717, 1.165) is 6.42 Å². The molecule has 0 heterocycles. The molecular formula is C16H18OS. The molecule has 1 aromatic carbocycles. The van der Waals surface area contributed by atoms with Crippen LogP contribution in [0.25, 0.3) is 0 Å². The minimum Gasteiger partial charge on any atom is -0.287 e. The Labute approximate surface area is 113 Å². The SMILES string of the molecule is CSC(=O)[C@@H]1[C@@H](c2ccc(C)cc2)[C@@H]2C=C[C@H]1C2. The maximum Gasteiger partial charge on any atom is 0.192 e. The van der Waals surface area contributed by atoms with Gasteiger partial charge in [-0.2, -0.15) is 0 Å². The summed E-state index contributed by atoms with van der Waals surface area (Å²) in [6.07, 6.45) is 7.65. The summed E-state index contributed by atoms with van der Waals surface area (Å²) < 4.78 is 0. The quantitative estimate of drug-likeness (QED) is 0.751. The van der Waals surface area contributed by atoms with Gasteiger partial charge in [0.05, 0.1) is 0 Å². The highest BCUT2D eigenvalue weighted by atomic mass is 32.2. The van der Waals surface area contributed by atoms with Crippen LogP contribution in [0.5, 0.6) is 0 Å². The first-order valence-corrected chi connectivity index (χ1v) is 7.76. The second-order valence-corrected chi connectivity index (χ2v) is 6.24. The minimum absolute atomic E-state index is 0.192. The summed E-state index contributed by atoms with van der Waals surface area (Å²) >= 11 is 1.39. The van der Waals surface area contributed by atoms with E-state index in [-0.39, 0.29) is 5.92 Å². The molecule has 1 aromatic rings. The van der Waals surface area contributed by atoms with Crippen molar-refractivity contribution < 1.29 is 4.79 Å². The van der Waals surface area contributed by atoms with Crippen LogP contribution in [-0.4, -0.2) is 11.4 Å². The van der Waals surface area contributed by atoms with Gasteiger partial charge in [0.15, 0.2) is 5.12 Å². The first-order chi connectivity index (χ1) is 8.70. The molecule has 2 aliphatic rings. The largest absolute Gasteiger partial charge is 0.287 e. The number of carbonyl (C=O) groups excluding carboxylic acids is 1. The Balaban J connectivity index is 1.96. The van der Waals surface area contributed by atoms with Crippen molar-refractivity contribution in [1.82, 2.24) is 0 Å². The van der Waals surface area contributed by atoms with Gasteiger partial charge in [0.25, 0.3) is 0 Å². The van der Waals surface area contributed by atoms with E-state index in [1.54, 1.807) is 0 Å². The predicted octanol–water partition coefficient (Wildman–Crippen LogP) is 3.79. The molecule has 1 fully saturated rings. The molecule has 0 amide bonds. The third-order valence-electron chi connectivity index (χ3n) is 4.39. The molecule has 4 atom stereocenters. The van der Waals surface area contributed by atoms with Gasteiger partial charge in [-0.25, -0.2) is 0 Å². The van der Waals surface area contributed by atoms with Crippen molar-refractivity contribution in [3.05, 3.63) is 47.5 Å². The van der Waals surface area contributed by atoms with Gasteiger partial charge in [0, 0.05) is 11.8 Å². The lowest BCUT2D eigenvalue weighted by Gasteiger charge is -2.26. The molecule has 1 nitrogen and oxygen atoms in total. The van der Waals surface area contributed by atoms with E-state index >= 15 is 0 Å². The summed E-state index contributed by atoms with van der Waals surface area (Å²) in [5.41, 5.74) is 2.62. The Bertz CT molecular complexity index is 488. The number of allylic oxidation sites excluding steroid dienone is 2. The normalized spacial score (nSPS) is 33.0. The van der Waals surface area contributed by atoms with Crippen molar-refractivity contribution in [2.24, 2.45) is 17.8 Å². The monoisotopic (exact) mass is 258 g/mol. The fourth-order valence-electron chi connectivity index (χ4n) is 3.52. The number of thioether (sulfide) groups is 1. The lowest BCUT2D eigenvalue weighted by molar-refractivity contribution is -0.115. The molecule has 0 unspecified atom stereocenters. The molecule has 0 N–H and O–H groups in total. The van der Waals surface area contributed by atoms with Crippen molar-refractivity contribution in [3.63, 3.8) is 0 Å². The summed E-state index contributed by atoms with van der Waals surface area (Å²) in [6, 6.07) is 8.72. The summed E-state index contributed by atoms with van der Waals surface area (Å²) in [5, 5.41) is 0.359. The van der Waals surface area contributed by atoms with E-state index in [9.17, 15) is 4.79 Å². The third kappa shape index (κ3) is 1.83. The summed E-state index contributed by atoms with van der Waals surface area (Å²) in [6.45, 7) is 2.11. The summed E-state index contributed by atoms with van der Waals surface area (Å²) in [7, 11) is 0. The molecule has 0 radical (unpaired) electrons. The highest BCUT2D eigenvalue weighted by molar-refractivity contribution is 8.13. The van der Waals surface area contributed by atoms with E-state index in [2.05, 4.69) is 43.3 Å². The molecule has 0 spiro atoms. The number of aryl methyl sites for hydroxylation is 1. The second kappa shape index (κ2) is 4.58. The van der Waals surface area contributed by atoms with Crippen molar-refractivity contribution in [3.8, 4) is 0 Å². The zero-order chi connectivity index (χ0) is 12.7. The second-order valence-electron chi connectivity index (χ2n) is 5.43. The van der Waals surface area contributed by atoms with Crippen LogP contribution >= 0.6 is 11.8 Å². The lowest BCUT2D eigenvalue weighted by Crippen LogP contribution is -2.24. The smallest absolute Gasteiger partial charge is 0.192 e. The molecular weight excluding hydrogens is 240 g/mol. The maximum atomic E-state index is 12.2. The number of fused-ring (bicyclic) bond motifs is 2. The Kier molecular flexibility index (Phi) is 3.06. The highest BCUT2D eigenvalue weighted by Gasteiger charge is 2.48. The van der Waals surface area contributed by atoms with E-state index in [1.165, 1.54) is 22.9 Å². The molecule has 2 heteroatoms. The van der Waals surface area contributed by atoms with Crippen LogP contribution in [0.15, 0.2) is 36.4 Å². The van der Waals surface area contributed by atoms with Crippen molar-refractivity contribution >= 4 is 16.9 Å². The lowest BCUT2D eigenvalue weighted by atomic mass is 9.79. The van der Waals surface area contributed by atoms with Gasteiger partial charge in [-0.05, 0) is 37.0 Å². The van der Waals surface area contributed by atoms with Crippen molar-refractivity contribution in [1.29, 1.82) is 0 Å². The topological polar surface area (TPSA) is 17.1 Å². The number of benzene rings is 1. The zero-order valence-corrected chi connectivity index (χ0v) is 11.6. The molecule has 0 aliphatic heterocycles. The van der Waals surface area contributed by atoms with Gasteiger partial charge >= 0.3 is 0 Å². The van der Waals surface area contributed by atoms with Crippen LogP contribution < -0.4 is 0 Å². The Morgan fingerprint density at radius 3 is 2.50 bits per heavy atom.